The van der Waals surface area contributed by atoms with Crippen LogP contribution in [0.15, 0.2) is 0 Å². The van der Waals surface area contributed by atoms with E-state index < -0.39 is 17.6 Å². The van der Waals surface area contributed by atoms with Crippen LogP contribution in [-0.4, -0.2) is 41.3 Å². The summed E-state index contributed by atoms with van der Waals surface area (Å²) in [6, 6.07) is 0. The number of aliphatic carboxylic acids is 1. The van der Waals surface area contributed by atoms with Gasteiger partial charge in [0.15, 0.2) is 0 Å². The van der Waals surface area contributed by atoms with E-state index in [9.17, 15) is 9.59 Å². The molecule has 1 saturated heterocycles. The minimum Gasteiger partial charge on any atom is -0.479 e. The number of hydrogen-bond donors (Lipinski definition) is 1. The first kappa shape index (κ1) is 10.8. The summed E-state index contributed by atoms with van der Waals surface area (Å²) in [7, 11) is 1.27. The van der Waals surface area contributed by atoms with Crippen LogP contribution in [0.5, 0.6) is 0 Å². The second kappa shape index (κ2) is 3.86. The molecule has 0 aromatic carbocycles. The van der Waals surface area contributed by atoms with Gasteiger partial charge in [0.1, 0.15) is 5.54 Å². The molecule has 1 fully saturated rings. The van der Waals surface area contributed by atoms with Crippen molar-refractivity contribution in [3.63, 3.8) is 0 Å². The predicted octanol–water partition coefficient (Wildman–Crippen LogP) is 1.08. The van der Waals surface area contributed by atoms with E-state index >= 15 is 0 Å². The number of carbonyl (C=O) groups excluding carboxylic acids is 1. The van der Waals surface area contributed by atoms with Gasteiger partial charge in [-0.3, -0.25) is 4.90 Å². The molecular formula is C9H15NO4. The molecule has 1 aliphatic rings. The third-order valence-corrected chi connectivity index (χ3v) is 2.87. The van der Waals surface area contributed by atoms with Crippen molar-refractivity contribution < 1.29 is 19.4 Å². The number of amides is 1. The number of carbonyl (C=O) groups is 2. The minimum atomic E-state index is -1.05. The highest BCUT2D eigenvalue weighted by Crippen LogP contribution is 2.33. The summed E-state index contributed by atoms with van der Waals surface area (Å²) in [5, 5.41) is 9.13. The molecule has 0 bridgehead atoms. The van der Waals surface area contributed by atoms with Crippen LogP contribution >= 0.6 is 0 Å². The molecule has 0 aromatic heterocycles. The standard InChI is InChI=1S/C9H15NO4/c1-3-9(7(11)12)5-4-6-10(9)8(13)14-2/h3-6H2,1-2H3,(H,11,12). The van der Waals surface area contributed by atoms with E-state index in [2.05, 4.69) is 4.74 Å². The molecule has 80 valence electrons. The van der Waals surface area contributed by atoms with Gasteiger partial charge >= 0.3 is 12.1 Å². The summed E-state index contributed by atoms with van der Waals surface area (Å²) in [4.78, 5) is 23.8. The normalized spacial score (nSPS) is 26.3. The predicted molar refractivity (Wildman–Crippen MR) is 49.0 cm³/mol. The molecule has 5 nitrogen and oxygen atoms in total. The number of nitrogens with zero attached hydrogens (tertiary/aromatic N) is 1. The zero-order chi connectivity index (χ0) is 10.8. The lowest BCUT2D eigenvalue weighted by atomic mass is 9.93. The van der Waals surface area contributed by atoms with Gasteiger partial charge in [-0.05, 0) is 19.3 Å². The van der Waals surface area contributed by atoms with Crippen molar-refractivity contribution in [3.8, 4) is 0 Å². The maximum absolute atomic E-state index is 11.3. The smallest absolute Gasteiger partial charge is 0.410 e. The number of carboxylic acids is 1. The molecule has 0 saturated carbocycles. The van der Waals surface area contributed by atoms with Gasteiger partial charge in [-0.2, -0.15) is 0 Å². The summed E-state index contributed by atoms with van der Waals surface area (Å²) >= 11 is 0. The van der Waals surface area contributed by atoms with E-state index in [-0.39, 0.29) is 0 Å². The highest BCUT2D eigenvalue weighted by atomic mass is 16.5. The van der Waals surface area contributed by atoms with E-state index in [0.29, 0.717) is 19.4 Å². The molecule has 0 radical (unpaired) electrons. The lowest BCUT2D eigenvalue weighted by Crippen LogP contribution is -2.52. The third-order valence-electron chi connectivity index (χ3n) is 2.87. The summed E-state index contributed by atoms with van der Waals surface area (Å²) in [5.74, 6) is -0.942. The average molecular weight is 201 g/mol. The number of likely N-dealkylation sites (tertiary alicyclic amines) is 1. The summed E-state index contributed by atoms with van der Waals surface area (Å²) in [5.41, 5.74) is -1.05. The maximum Gasteiger partial charge on any atom is 0.410 e. The molecule has 0 aromatic rings. The molecule has 1 aliphatic heterocycles. The SMILES string of the molecule is CCC1(C(=O)O)CCCN1C(=O)OC. The van der Waals surface area contributed by atoms with Crippen LogP contribution in [-0.2, 0) is 9.53 Å². The molecule has 1 heterocycles. The van der Waals surface area contributed by atoms with Crippen molar-refractivity contribution in [1.29, 1.82) is 0 Å². The Morgan fingerprint density at radius 3 is 2.64 bits per heavy atom. The van der Waals surface area contributed by atoms with Crippen LogP contribution < -0.4 is 0 Å². The molecule has 0 spiro atoms. The van der Waals surface area contributed by atoms with Crippen molar-refractivity contribution in [3.05, 3.63) is 0 Å². The quantitative estimate of drug-likeness (QED) is 0.726. The molecule has 5 heteroatoms. The van der Waals surface area contributed by atoms with Crippen molar-refractivity contribution >= 4 is 12.1 Å². The van der Waals surface area contributed by atoms with Gasteiger partial charge < -0.3 is 9.84 Å². The number of ether oxygens (including phenoxy) is 1. The van der Waals surface area contributed by atoms with Crippen molar-refractivity contribution in [2.75, 3.05) is 13.7 Å². The monoisotopic (exact) mass is 201 g/mol. The van der Waals surface area contributed by atoms with E-state index in [1.165, 1.54) is 12.0 Å². The Hall–Kier alpha value is -1.26. The summed E-state index contributed by atoms with van der Waals surface area (Å²) in [6.07, 6.45) is 1.09. The first-order valence-electron chi connectivity index (χ1n) is 4.67. The van der Waals surface area contributed by atoms with Gasteiger partial charge in [0.05, 0.1) is 7.11 Å². The molecule has 1 rings (SSSR count). The van der Waals surface area contributed by atoms with E-state index in [1.807, 2.05) is 0 Å². The van der Waals surface area contributed by atoms with Gasteiger partial charge in [-0.1, -0.05) is 6.92 Å². The maximum atomic E-state index is 11.3. The average Bonchev–Trinajstić information content (AvgIpc) is 2.61. The Labute approximate surface area is 82.6 Å². The highest BCUT2D eigenvalue weighted by Gasteiger charge is 2.49. The van der Waals surface area contributed by atoms with Gasteiger partial charge in [-0.15, -0.1) is 0 Å². The molecule has 14 heavy (non-hydrogen) atoms. The Balaban J connectivity index is 2.94. The zero-order valence-electron chi connectivity index (χ0n) is 8.45. The second-order valence-corrected chi connectivity index (χ2v) is 3.42. The fourth-order valence-corrected chi connectivity index (χ4v) is 2.00. The second-order valence-electron chi connectivity index (χ2n) is 3.42. The lowest BCUT2D eigenvalue weighted by molar-refractivity contribution is -0.149. The molecular weight excluding hydrogens is 186 g/mol. The topological polar surface area (TPSA) is 66.8 Å². The van der Waals surface area contributed by atoms with Gasteiger partial charge in [0.25, 0.3) is 0 Å². The highest BCUT2D eigenvalue weighted by molar-refractivity contribution is 5.85. The van der Waals surface area contributed by atoms with Crippen LogP contribution in [0.4, 0.5) is 4.79 Å². The third kappa shape index (κ3) is 1.42. The molecule has 1 unspecified atom stereocenters. The molecule has 0 aliphatic carbocycles. The fourth-order valence-electron chi connectivity index (χ4n) is 2.00. The minimum absolute atomic E-state index is 0.414. The van der Waals surface area contributed by atoms with Crippen molar-refractivity contribution in [2.24, 2.45) is 0 Å². The Morgan fingerprint density at radius 2 is 2.21 bits per heavy atom. The number of carboxylic acid groups (broad SMARTS) is 1. The number of rotatable bonds is 2. The Bertz CT molecular complexity index is 253. The van der Waals surface area contributed by atoms with Gasteiger partial charge in [0, 0.05) is 6.54 Å². The lowest BCUT2D eigenvalue weighted by Gasteiger charge is -2.32. The number of hydrogen-bond acceptors (Lipinski definition) is 3. The van der Waals surface area contributed by atoms with E-state index in [4.69, 9.17) is 5.11 Å². The van der Waals surface area contributed by atoms with Crippen LogP contribution in [0.25, 0.3) is 0 Å². The van der Waals surface area contributed by atoms with Crippen molar-refractivity contribution in [2.45, 2.75) is 31.7 Å². The largest absolute Gasteiger partial charge is 0.479 e. The van der Waals surface area contributed by atoms with Crippen LogP contribution in [0.2, 0.25) is 0 Å². The zero-order valence-corrected chi connectivity index (χ0v) is 8.45. The summed E-state index contributed by atoms with van der Waals surface area (Å²) < 4.78 is 4.57. The molecule has 1 atom stereocenters. The summed E-state index contributed by atoms with van der Waals surface area (Å²) in [6.45, 7) is 2.24. The van der Waals surface area contributed by atoms with Crippen molar-refractivity contribution in [1.82, 2.24) is 4.90 Å². The van der Waals surface area contributed by atoms with Crippen LogP contribution in [0, 0.1) is 0 Å². The number of methoxy groups -OCH3 is 1. The van der Waals surface area contributed by atoms with Gasteiger partial charge in [0.2, 0.25) is 0 Å². The molecule has 1 amide bonds. The van der Waals surface area contributed by atoms with E-state index in [0.717, 1.165) is 6.42 Å². The Morgan fingerprint density at radius 1 is 1.57 bits per heavy atom. The fraction of sp³-hybridized carbons (Fsp3) is 0.778. The first-order chi connectivity index (χ1) is 6.58. The van der Waals surface area contributed by atoms with Gasteiger partial charge in [-0.25, -0.2) is 9.59 Å². The van der Waals surface area contributed by atoms with Crippen LogP contribution in [0.3, 0.4) is 0 Å². The van der Waals surface area contributed by atoms with Crippen LogP contribution in [0.1, 0.15) is 26.2 Å². The van der Waals surface area contributed by atoms with E-state index in [1.54, 1.807) is 6.92 Å². The Kier molecular flexibility index (Phi) is 2.98. The first-order valence-corrected chi connectivity index (χ1v) is 4.67. The molecule has 1 N–H and O–H groups in total.